The highest BCUT2D eigenvalue weighted by Crippen LogP contribution is 2.27. The second-order valence-corrected chi connectivity index (χ2v) is 4.41. The van der Waals surface area contributed by atoms with Crippen molar-refractivity contribution in [2.75, 3.05) is 0 Å². The van der Waals surface area contributed by atoms with Gasteiger partial charge >= 0.3 is 0 Å². The Kier molecular flexibility index (Phi) is 2.81. The fourth-order valence-electron chi connectivity index (χ4n) is 1.76. The van der Waals surface area contributed by atoms with Crippen LogP contribution >= 0.6 is 0 Å². The average Bonchev–Trinajstić information content (AvgIpc) is 3.23. The van der Waals surface area contributed by atoms with Crippen molar-refractivity contribution in [1.82, 2.24) is 4.98 Å². The van der Waals surface area contributed by atoms with Crippen LogP contribution in [0.4, 0.5) is 0 Å². The first-order valence-electron chi connectivity index (χ1n) is 6.04. The summed E-state index contributed by atoms with van der Waals surface area (Å²) in [6, 6.07) is 10.8. The lowest BCUT2D eigenvalue weighted by Crippen LogP contribution is -2.02. The van der Waals surface area contributed by atoms with Gasteiger partial charge in [-0.25, -0.2) is 0 Å². The summed E-state index contributed by atoms with van der Waals surface area (Å²) in [5.41, 5.74) is 1.30. The summed E-state index contributed by atoms with van der Waals surface area (Å²) in [7, 11) is 0. The summed E-state index contributed by atoms with van der Waals surface area (Å²) in [5.74, 6) is 0.774. The number of pyridine rings is 1. The number of benzene rings is 1. The molecule has 0 atom stereocenters. The van der Waals surface area contributed by atoms with Crippen molar-refractivity contribution in [2.45, 2.75) is 18.9 Å². The molecular weight excluding hydrogens is 226 g/mol. The molecule has 0 unspecified atom stereocenters. The molecule has 1 aliphatic carbocycles. The van der Waals surface area contributed by atoms with E-state index in [-0.39, 0.29) is 5.78 Å². The van der Waals surface area contributed by atoms with Crippen LogP contribution in [-0.2, 0) is 0 Å². The number of hydrogen-bond donors (Lipinski definition) is 0. The molecule has 0 N–H and O–H groups in total. The third kappa shape index (κ3) is 2.40. The van der Waals surface area contributed by atoms with Crippen LogP contribution in [0.2, 0.25) is 0 Å². The van der Waals surface area contributed by atoms with Crippen LogP contribution in [0, 0.1) is 0 Å². The summed E-state index contributed by atoms with van der Waals surface area (Å²) in [6.07, 6.45) is 5.82. The fraction of sp³-hybridized carbons (Fsp3) is 0.200. The molecule has 3 nitrogen and oxygen atoms in total. The average molecular weight is 239 g/mol. The molecule has 0 spiro atoms. The van der Waals surface area contributed by atoms with Gasteiger partial charge in [0.25, 0.3) is 0 Å². The highest BCUT2D eigenvalue weighted by atomic mass is 16.5. The van der Waals surface area contributed by atoms with Crippen molar-refractivity contribution in [3.63, 3.8) is 0 Å². The Morgan fingerprint density at radius 3 is 2.61 bits per heavy atom. The van der Waals surface area contributed by atoms with E-state index < -0.39 is 0 Å². The van der Waals surface area contributed by atoms with Crippen LogP contribution in [0.15, 0.2) is 48.8 Å². The monoisotopic (exact) mass is 239 g/mol. The highest BCUT2D eigenvalue weighted by molar-refractivity contribution is 6.09. The molecule has 1 aromatic heterocycles. The molecule has 18 heavy (non-hydrogen) atoms. The molecular formula is C15H13NO2. The zero-order chi connectivity index (χ0) is 12.4. The Morgan fingerprint density at radius 1 is 1.11 bits per heavy atom. The Bertz CT molecular complexity index is 562. The lowest BCUT2D eigenvalue weighted by atomic mass is 10.0. The van der Waals surface area contributed by atoms with E-state index in [1.165, 1.54) is 0 Å². The normalized spacial score (nSPS) is 14.2. The zero-order valence-electron chi connectivity index (χ0n) is 9.87. The second-order valence-electron chi connectivity index (χ2n) is 4.41. The minimum atomic E-state index is -0.00125. The molecule has 90 valence electrons. The summed E-state index contributed by atoms with van der Waals surface area (Å²) >= 11 is 0. The second kappa shape index (κ2) is 4.61. The fourth-order valence-corrected chi connectivity index (χ4v) is 1.76. The van der Waals surface area contributed by atoms with Crippen molar-refractivity contribution in [3.05, 3.63) is 59.9 Å². The van der Waals surface area contributed by atoms with Gasteiger partial charge in [-0.1, -0.05) is 12.1 Å². The van der Waals surface area contributed by atoms with E-state index in [0.717, 1.165) is 18.6 Å². The molecule has 1 aromatic carbocycles. The maximum absolute atomic E-state index is 12.2. The van der Waals surface area contributed by atoms with Gasteiger partial charge in [0.15, 0.2) is 5.78 Å². The minimum Gasteiger partial charge on any atom is -0.490 e. The summed E-state index contributed by atoms with van der Waals surface area (Å²) in [6.45, 7) is 0. The maximum atomic E-state index is 12.2. The van der Waals surface area contributed by atoms with E-state index in [4.69, 9.17) is 4.74 Å². The minimum absolute atomic E-state index is 0.00125. The number of aromatic nitrogens is 1. The lowest BCUT2D eigenvalue weighted by Gasteiger charge is -2.06. The van der Waals surface area contributed by atoms with Crippen LogP contribution in [0.3, 0.4) is 0 Å². The number of ketones is 1. The van der Waals surface area contributed by atoms with Gasteiger partial charge < -0.3 is 4.74 Å². The quantitative estimate of drug-likeness (QED) is 0.770. The van der Waals surface area contributed by atoms with Gasteiger partial charge in [-0.15, -0.1) is 0 Å². The van der Waals surface area contributed by atoms with Crippen LogP contribution < -0.4 is 4.74 Å². The van der Waals surface area contributed by atoms with Crippen LogP contribution in [-0.4, -0.2) is 16.9 Å². The van der Waals surface area contributed by atoms with Gasteiger partial charge in [0.05, 0.1) is 6.10 Å². The van der Waals surface area contributed by atoms with Crippen LogP contribution in [0.5, 0.6) is 5.75 Å². The van der Waals surface area contributed by atoms with Gasteiger partial charge in [0, 0.05) is 23.5 Å². The first-order chi connectivity index (χ1) is 8.83. The van der Waals surface area contributed by atoms with Crippen molar-refractivity contribution in [3.8, 4) is 5.75 Å². The van der Waals surface area contributed by atoms with E-state index in [1.54, 1.807) is 30.6 Å². The number of nitrogens with zero attached hydrogens (tertiary/aromatic N) is 1. The Hall–Kier alpha value is -2.16. The van der Waals surface area contributed by atoms with E-state index in [1.807, 2.05) is 18.2 Å². The van der Waals surface area contributed by atoms with E-state index in [9.17, 15) is 4.79 Å². The molecule has 0 saturated heterocycles. The van der Waals surface area contributed by atoms with E-state index >= 15 is 0 Å². The third-order valence-corrected chi connectivity index (χ3v) is 2.87. The largest absolute Gasteiger partial charge is 0.490 e. The molecule has 0 amide bonds. The highest BCUT2D eigenvalue weighted by Gasteiger charge is 2.23. The van der Waals surface area contributed by atoms with Gasteiger partial charge in [0.2, 0.25) is 0 Å². The first kappa shape index (κ1) is 11.0. The summed E-state index contributed by atoms with van der Waals surface area (Å²) in [4.78, 5) is 16.1. The number of carbonyl (C=O) groups is 1. The molecule has 2 aromatic rings. The Labute approximate surface area is 105 Å². The van der Waals surface area contributed by atoms with Gasteiger partial charge in [-0.2, -0.15) is 0 Å². The van der Waals surface area contributed by atoms with Crippen LogP contribution in [0.25, 0.3) is 0 Å². The number of carbonyl (C=O) groups excluding carboxylic acids is 1. The Balaban J connectivity index is 1.84. The van der Waals surface area contributed by atoms with E-state index in [2.05, 4.69) is 4.98 Å². The van der Waals surface area contributed by atoms with Crippen molar-refractivity contribution in [2.24, 2.45) is 0 Å². The molecule has 1 heterocycles. The third-order valence-electron chi connectivity index (χ3n) is 2.87. The topological polar surface area (TPSA) is 39.2 Å². The molecule has 3 heteroatoms. The zero-order valence-corrected chi connectivity index (χ0v) is 9.87. The summed E-state index contributed by atoms with van der Waals surface area (Å²) in [5, 5.41) is 0. The van der Waals surface area contributed by atoms with Gasteiger partial charge in [0.1, 0.15) is 5.75 Å². The molecule has 0 bridgehead atoms. The molecule has 1 saturated carbocycles. The number of ether oxygens (including phenoxy) is 1. The van der Waals surface area contributed by atoms with Gasteiger partial charge in [-0.05, 0) is 37.1 Å². The maximum Gasteiger partial charge on any atom is 0.193 e. The number of hydrogen-bond acceptors (Lipinski definition) is 3. The molecule has 0 aliphatic heterocycles. The van der Waals surface area contributed by atoms with Crippen molar-refractivity contribution in [1.29, 1.82) is 0 Å². The lowest BCUT2D eigenvalue weighted by molar-refractivity contribution is 0.103. The standard InChI is InChI=1S/C15H13NO2/c17-15(11-6-8-16-9-7-11)12-2-1-3-14(10-12)18-13-4-5-13/h1-3,6-10,13H,4-5H2. The SMILES string of the molecule is O=C(c1ccncc1)c1cccc(OC2CC2)c1. The summed E-state index contributed by atoms with van der Waals surface area (Å²) < 4.78 is 5.69. The molecule has 1 fully saturated rings. The smallest absolute Gasteiger partial charge is 0.193 e. The van der Waals surface area contributed by atoms with Gasteiger partial charge in [-0.3, -0.25) is 9.78 Å². The molecule has 0 radical (unpaired) electrons. The molecule has 1 aliphatic rings. The molecule has 3 rings (SSSR count). The Morgan fingerprint density at radius 2 is 1.89 bits per heavy atom. The number of rotatable bonds is 4. The predicted molar refractivity (Wildman–Crippen MR) is 67.8 cm³/mol. The first-order valence-corrected chi connectivity index (χ1v) is 6.04. The predicted octanol–water partition coefficient (Wildman–Crippen LogP) is 2.85. The van der Waals surface area contributed by atoms with Crippen molar-refractivity contribution < 1.29 is 9.53 Å². The van der Waals surface area contributed by atoms with Crippen LogP contribution in [0.1, 0.15) is 28.8 Å². The van der Waals surface area contributed by atoms with Crippen molar-refractivity contribution >= 4 is 5.78 Å². The van der Waals surface area contributed by atoms with E-state index in [0.29, 0.717) is 17.2 Å².